The molecule has 1 aromatic carbocycles. The van der Waals surface area contributed by atoms with Gasteiger partial charge in [0.05, 0.1) is 13.3 Å². The maximum absolute atomic E-state index is 5.69. The van der Waals surface area contributed by atoms with Crippen LogP contribution in [0.25, 0.3) is 16.9 Å². The number of ether oxygens (including phenoxy) is 1. The van der Waals surface area contributed by atoms with Gasteiger partial charge in [-0.1, -0.05) is 12.1 Å². The first-order valence-electron chi connectivity index (χ1n) is 6.18. The first kappa shape index (κ1) is 12.2. The van der Waals surface area contributed by atoms with Crippen LogP contribution in [0.1, 0.15) is 0 Å². The summed E-state index contributed by atoms with van der Waals surface area (Å²) in [7, 11) is 1.62. The number of nitrogen functional groups attached to an aromatic ring is 1. The second-order valence-corrected chi connectivity index (χ2v) is 4.32. The molecule has 0 saturated carbocycles. The lowest BCUT2D eigenvalue weighted by Gasteiger charge is -2.05. The van der Waals surface area contributed by atoms with Crippen LogP contribution in [0.2, 0.25) is 0 Å². The quantitative estimate of drug-likeness (QED) is 0.740. The topological polar surface area (TPSA) is 66.0 Å². The molecule has 0 radical (unpaired) electrons. The molecular weight excluding hydrogens is 252 g/mol. The molecule has 0 amide bonds. The molecule has 0 atom stereocenters. The fourth-order valence-electron chi connectivity index (χ4n) is 1.98. The predicted molar refractivity (Wildman–Crippen MR) is 77.8 cm³/mol. The van der Waals surface area contributed by atoms with Gasteiger partial charge in [0.15, 0.2) is 11.6 Å². The maximum atomic E-state index is 5.69. The van der Waals surface area contributed by atoms with Gasteiger partial charge in [0.2, 0.25) is 0 Å². The molecule has 0 aliphatic heterocycles. The number of nitrogens with two attached hydrogens (primary N) is 1. The molecule has 2 heterocycles. The molecule has 100 valence electrons. The van der Waals surface area contributed by atoms with E-state index in [9.17, 15) is 0 Å². The molecule has 0 aliphatic rings. The van der Waals surface area contributed by atoms with Gasteiger partial charge in [-0.2, -0.15) is 5.10 Å². The Balaban J connectivity index is 2.00. The summed E-state index contributed by atoms with van der Waals surface area (Å²) < 4.78 is 6.99. The third kappa shape index (κ3) is 2.21. The Hall–Kier alpha value is -2.82. The van der Waals surface area contributed by atoms with Gasteiger partial charge >= 0.3 is 0 Å². The minimum Gasteiger partial charge on any atom is -0.493 e. The standard InChI is InChI=1S/C15H14N4O/c1-20-14-3-2-8-17-15(14)19-10-12(9-18-19)11-4-6-13(16)7-5-11/h2-10H,16H2,1H3. The van der Waals surface area contributed by atoms with Crippen LogP contribution in [-0.2, 0) is 0 Å². The van der Waals surface area contributed by atoms with Crippen LogP contribution < -0.4 is 10.5 Å². The first-order valence-corrected chi connectivity index (χ1v) is 6.18. The van der Waals surface area contributed by atoms with Crippen LogP contribution >= 0.6 is 0 Å². The first-order chi connectivity index (χ1) is 9.78. The monoisotopic (exact) mass is 266 g/mol. The van der Waals surface area contributed by atoms with E-state index in [0.717, 1.165) is 16.8 Å². The largest absolute Gasteiger partial charge is 0.493 e. The third-order valence-corrected chi connectivity index (χ3v) is 3.01. The van der Waals surface area contributed by atoms with E-state index in [1.54, 1.807) is 24.2 Å². The average molecular weight is 266 g/mol. The molecule has 5 heteroatoms. The molecular formula is C15H14N4O. The second kappa shape index (κ2) is 5.05. The Morgan fingerprint density at radius 1 is 1.10 bits per heavy atom. The number of methoxy groups -OCH3 is 1. The number of hydrogen-bond donors (Lipinski definition) is 1. The van der Waals surface area contributed by atoms with Gasteiger partial charge in [-0.05, 0) is 29.8 Å². The lowest BCUT2D eigenvalue weighted by molar-refractivity contribution is 0.409. The summed E-state index contributed by atoms with van der Waals surface area (Å²) >= 11 is 0. The van der Waals surface area contributed by atoms with Crippen LogP contribution in [0, 0.1) is 0 Å². The van der Waals surface area contributed by atoms with Crippen LogP contribution in [0.15, 0.2) is 55.0 Å². The summed E-state index contributed by atoms with van der Waals surface area (Å²) in [5.74, 6) is 1.34. The highest BCUT2D eigenvalue weighted by Gasteiger charge is 2.08. The van der Waals surface area contributed by atoms with Gasteiger partial charge < -0.3 is 10.5 Å². The Morgan fingerprint density at radius 3 is 2.65 bits per heavy atom. The summed E-state index contributed by atoms with van der Waals surface area (Å²) in [5.41, 5.74) is 8.49. The number of rotatable bonds is 3. The van der Waals surface area contributed by atoms with Crippen LogP contribution in [0.4, 0.5) is 5.69 Å². The normalized spacial score (nSPS) is 10.4. The van der Waals surface area contributed by atoms with Crippen molar-refractivity contribution in [3.05, 3.63) is 55.0 Å². The van der Waals surface area contributed by atoms with E-state index < -0.39 is 0 Å². The van der Waals surface area contributed by atoms with Crippen molar-refractivity contribution in [3.63, 3.8) is 0 Å². The van der Waals surface area contributed by atoms with Gasteiger partial charge in [-0.25, -0.2) is 9.67 Å². The van der Waals surface area contributed by atoms with Crippen LogP contribution in [-0.4, -0.2) is 21.9 Å². The third-order valence-electron chi connectivity index (χ3n) is 3.01. The highest BCUT2D eigenvalue weighted by Crippen LogP contribution is 2.23. The fourth-order valence-corrected chi connectivity index (χ4v) is 1.98. The van der Waals surface area contributed by atoms with E-state index in [0.29, 0.717) is 11.6 Å². The van der Waals surface area contributed by atoms with Crippen LogP contribution in [0.5, 0.6) is 5.75 Å². The molecule has 2 aromatic heterocycles. The number of hydrogen-bond acceptors (Lipinski definition) is 4. The zero-order valence-corrected chi connectivity index (χ0v) is 11.0. The Kier molecular flexibility index (Phi) is 3.09. The average Bonchev–Trinajstić information content (AvgIpc) is 2.97. The van der Waals surface area contributed by atoms with Crippen molar-refractivity contribution >= 4 is 5.69 Å². The Bertz CT molecular complexity index is 719. The molecule has 0 saturated heterocycles. The van der Waals surface area contributed by atoms with Gasteiger partial charge in [-0.3, -0.25) is 0 Å². The van der Waals surface area contributed by atoms with Crippen molar-refractivity contribution in [2.45, 2.75) is 0 Å². The zero-order chi connectivity index (χ0) is 13.9. The second-order valence-electron chi connectivity index (χ2n) is 4.32. The lowest BCUT2D eigenvalue weighted by Crippen LogP contribution is -2.00. The van der Waals surface area contributed by atoms with Crippen molar-refractivity contribution in [2.24, 2.45) is 0 Å². The predicted octanol–water partition coefficient (Wildman–Crippen LogP) is 2.53. The molecule has 20 heavy (non-hydrogen) atoms. The summed E-state index contributed by atoms with van der Waals surface area (Å²) in [6.07, 6.45) is 5.42. The van der Waals surface area contributed by atoms with Crippen molar-refractivity contribution in [2.75, 3.05) is 12.8 Å². The summed E-state index contributed by atoms with van der Waals surface area (Å²) in [4.78, 5) is 4.30. The van der Waals surface area contributed by atoms with Crippen molar-refractivity contribution < 1.29 is 4.74 Å². The molecule has 2 N–H and O–H groups in total. The SMILES string of the molecule is COc1cccnc1-n1cc(-c2ccc(N)cc2)cn1. The van der Waals surface area contributed by atoms with Crippen LogP contribution in [0.3, 0.4) is 0 Å². The molecule has 5 nitrogen and oxygen atoms in total. The molecule has 0 aliphatic carbocycles. The maximum Gasteiger partial charge on any atom is 0.196 e. The van der Waals surface area contributed by atoms with Gasteiger partial charge in [0.1, 0.15) is 0 Å². The van der Waals surface area contributed by atoms with E-state index in [1.807, 2.05) is 42.6 Å². The van der Waals surface area contributed by atoms with E-state index in [4.69, 9.17) is 10.5 Å². The molecule has 0 bridgehead atoms. The highest BCUT2D eigenvalue weighted by molar-refractivity contribution is 5.64. The van der Waals surface area contributed by atoms with E-state index >= 15 is 0 Å². The van der Waals surface area contributed by atoms with Crippen molar-refractivity contribution in [3.8, 4) is 22.7 Å². The highest BCUT2D eigenvalue weighted by atomic mass is 16.5. The lowest BCUT2D eigenvalue weighted by atomic mass is 10.1. The van der Waals surface area contributed by atoms with E-state index in [1.165, 1.54) is 0 Å². The minimum atomic E-state index is 0.664. The molecule has 0 spiro atoms. The zero-order valence-electron chi connectivity index (χ0n) is 11.0. The molecule has 0 unspecified atom stereocenters. The molecule has 3 aromatic rings. The Labute approximate surface area is 116 Å². The van der Waals surface area contributed by atoms with Gasteiger partial charge in [0.25, 0.3) is 0 Å². The molecule has 3 rings (SSSR count). The smallest absolute Gasteiger partial charge is 0.196 e. The number of benzene rings is 1. The number of anilines is 1. The number of nitrogens with zero attached hydrogens (tertiary/aromatic N) is 3. The fraction of sp³-hybridized carbons (Fsp3) is 0.0667. The summed E-state index contributed by atoms with van der Waals surface area (Å²) in [6, 6.07) is 11.3. The number of aromatic nitrogens is 3. The van der Waals surface area contributed by atoms with Gasteiger partial charge in [0, 0.05) is 23.6 Å². The van der Waals surface area contributed by atoms with E-state index in [-0.39, 0.29) is 0 Å². The van der Waals surface area contributed by atoms with Crippen molar-refractivity contribution in [1.29, 1.82) is 0 Å². The van der Waals surface area contributed by atoms with Crippen molar-refractivity contribution in [1.82, 2.24) is 14.8 Å². The summed E-state index contributed by atoms with van der Waals surface area (Å²) in [5, 5.41) is 4.34. The Morgan fingerprint density at radius 2 is 1.90 bits per heavy atom. The molecule has 0 fully saturated rings. The summed E-state index contributed by atoms with van der Waals surface area (Å²) in [6.45, 7) is 0. The van der Waals surface area contributed by atoms with Gasteiger partial charge in [-0.15, -0.1) is 0 Å². The minimum absolute atomic E-state index is 0.664. The van der Waals surface area contributed by atoms with E-state index in [2.05, 4.69) is 10.1 Å². The number of pyridine rings is 1.